The van der Waals surface area contributed by atoms with Crippen LogP contribution in [0.1, 0.15) is 25.8 Å². The van der Waals surface area contributed by atoms with Crippen LogP contribution in [0.2, 0.25) is 0 Å². The molecular formula is C14H21F3N2O. The van der Waals surface area contributed by atoms with Gasteiger partial charge in [-0.15, -0.1) is 0 Å². The molecular weight excluding hydrogens is 269 g/mol. The summed E-state index contributed by atoms with van der Waals surface area (Å²) in [6, 6.07) is 1.58. The van der Waals surface area contributed by atoms with E-state index in [9.17, 15) is 18.3 Å². The number of hydrogen-bond acceptors (Lipinski definition) is 3. The van der Waals surface area contributed by atoms with E-state index in [-0.39, 0.29) is 18.9 Å². The molecule has 3 nitrogen and oxygen atoms in total. The summed E-state index contributed by atoms with van der Waals surface area (Å²) in [5.41, 5.74) is 0.595. The molecule has 0 saturated carbocycles. The van der Waals surface area contributed by atoms with Crippen molar-refractivity contribution >= 4 is 0 Å². The van der Waals surface area contributed by atoms with Crippen molar-refractivity contribution in [1.82, 2.24) is 10.3 Å². The lowest BCUT2D eigenvalue weighted by molar-refractivity contribution is -0.156. The van der Waals surface area contributed by atoms with Crippen LogP contribution in [0.4, 0.5) is 13.2 Å². The maximum absolute atomic E-state index is 13.0. The molecule has 114 valence electrons. The fourth-order valence-electron chi connectivity index (χ4n) is 2.07. The number of aliphatic hydroxyl groups excluding tert-OH is 1. The highest BCUT2D eigenvalue weighted by atomic mass is 19.4. The molecule has 20 heavy (non-hydrogen) atoms. The minimum Gasteiger partial charge on any atom is -0.393 e. The van der Waals surface area contributed by atoms with Crippen molar-refractivity contribution < 1.29 is 18.3 Å². The molecule has 0 aliphatic rings. The van der Waals surface area contributed by atoms with E-state index in [0.717, 1.165) is 0 Å². The number of halogens is 3. The number of pyridine rings is 1. The molecule has 0 amide bonds. The summed E-state index contributed by atoms with van der Waals surface area (Å²) in [5, 5.41) is 11.8. The number of nitrogens with one attached hydrogen (secondary N) is 1. The number of hydrogen-bond donors (Lipinski definition) is 2. The third-order valence-corrected chi connectivity index (χ3v) is 3.04. The van der Waals surface area contributed by atoms with Crippen molar-refractivity contribution in [3.8, 4) is 0 Å². The fraction of sp³-hybridized carbons (Fsp3) is 0.643. The van der Waals surface area contributed by atoms with Gasteiger partial charge in [0.25, 0.3) is 0 Å². The lowest BCUT2D eigenvalue weighted by Crippen LogP contribution is -2.45. The standard InChI is InChI=1S/C14H21F3N2O/c1-10(7-11(2)20)9-19-13(14(15,16)17)8-12-3-5-18-6-4-12/h3-6,10-11,13,19-20H,7-9H2,1-2H3. The Kier molecular flexibility index (Phi) is 6.42. The van der Waals surface area contributed by atoms with E-state index in [2.05, 4.69) is 10.3 Å². The van der Waals surface area contributed by atoms with Gasteiger partial charge in [0.15, 0.2) is 0 Å². The van der Waals surface area contributed by atoms with Gasteiger partial charge >= 0.3 is 6.18 Å². The van der Waals surface area contributed by atoms with Gasteiger partial charge in [0.2, 0.25) is 0 Å². The lowest BCUT2D eigenvalue weighted by Gasteiger charge is -2.24. The van der Waals surface area contributed by atoms with Gasteiger partial charge in [-0.05, 0) is 49.9 Å². The number of aromatic nitrogens is 1. The zero-order valence-corrected chi connectivity index (χ0v) is 11.7. The van der Waals surface area contributed by atoms with E-state index in [1.165, 1.54) is 12.4 Å². The summed E-state index contributed by atoms with van der Waals surface area (Å²) >= 11 is 0. The Balaban J connectivity index is 2.58. The SMILES string of the molecule is CC(O)CC(C)CNC(Cc1ccncc1)C(F)(F)F. The molecule has 0 bridgehead atoms. The van der Waals surface area contributed by atoms with Crippen molar-refractivity contribution in [1.29, 1.82) is 0 Å². The van der Waals surface area contributed by atoms with E-state index >= 15 is 0 Å². The molecule has 1 aromatic heterocycles. The van der Waals surface area contributed by atoms with Crippen LogP contribution >= 0.6 is 0 Å². The highest BCUT2D eigenvalue weighted by Crippen LogP contribution is 2.23. The second-order valence-electron chi connectivity index (χ2n) is 5.25. The number of alkyl halides is 3. The third kappa shape index (κ3) is 6.34. The molecule has 0 fully saturated rings. The van der Waals surface area contributed by atoms with Gasteiger partial charge in [-0.2, -0.15) is 13.2 Å². The molecule has 0 radical (unpaired) electrons. The largest absolute Gasteiger partial charge is 0.404 e. The molecule has 1 heterocycles. The monoisotopic (exact) mass is 290 g/mol. The van der Waals surface area contributed by atoms with Crippen LogP contribution in [0, 0.1) is 5.92 Å². The maximum atomic E-state index is 13.0. The van der Waals surface area contributed by atoms with Gasteiger partial charge in [0.05, 0.1) is 6.10 Å². The zero-order valence-electron chi connectivity index (χ0n) is 11.7. The Labute approximate surface area is 117 Å². The quantitative estimate of drug-likeness (QED) is 0.811. The van der Waals surface area contributed by atoms with Crippen LogP contribution in [0.5, 0.6) is 0 Å². The van der Waals surface area contributed by atoms with Crippen LogP contribution in [0.3, 0.4) is 0 Å². The van der Waals surface area contributed by atoms with Crippen LogP contribution in [0.15, 0.2) is 24.5 Å². The van der Waals surface area contributed by atoms with Gasteiger partial charge in [-0.25, -0.2) is 0 Å². The Hall–Kier alpha value is -1.14. The van der Waals surface area contributed by atoms with Crippen molar-refractivity contribution in [3.63, 3.8) is 0 Å². The normalized spacial score (nSPS) is 16.7. The summed E-state index contributed by atoms with van der Waals surface area (Å²) in [6.07, 6.45) is -1.47. The molecule has 0 aromatic carbocycles. The Morgan fingerprint density at radius 1 is 1.25 bits per heavy atom. The van der Waals surface area contributed by atoms with Gasteiger partial charge < -0.3 is 10.4 Å². The van der Waals surface area contributed by atoms with Crippen molar-refractivity contribution in [2.75, 3.05) is 6.54 Å². The summed E-state index contributed by atoms with van der Waals surface area (Å²) in [4.78, 5) is 3.79. The molecule has 0 saturated heterocycles. The van der Waals surface area contributed by atoms with Gasteiger partial charge in [-0.1, -0.05) is 6.92 Å². The Morgan fingerprint density at radius 2 is 1.85 bits per heavy atom. The highest BCUT2D eigenvalue weighted by Gasteiger charge is 2.39. The average Bonchev–Trinajstić information content (AvgIpc) is 2.33. The van der Waals surface area contributed by atoms with Gasteiger partial charge in [0, 0.05) is 12.4 Å². The minimum absolute atomic E-state index is 0.0164. The molecule has 0 aliphatic heterocycles. The van der Waals surface area contributed by atoms with Crippen LogP contribution < -0.4 is 5.32 Å². The molecule has 3 unspecified atom stereocenters. The second-order valence-corrected chi connectivity index (χ2v) is 5.25. The summed E-state index contributed by atoms with van der Waals surface area (Å²) in [5.74, 6) is -0.0164. The molecule has 0 spiro atoms. The summed E-state index contributed by atoms with van der Waals surface area (Å²) < 4.78 is 39.0. The predicted molar refractivity (Wildman–Crippen MR) is 71.2 cm³/mol. The summed E-state index contributed by atoms with van der Waals surface area (Å²) in [7, 11) is 0. The molecule has 1 aromatic rings. The third-order valence-electron chi connectivity index (χ3n) is 3.04. The molecule has 1 rings (SSSR count). The Morgan fingerprint density at radius 3 is 2.35 bits per heavy atom. The van der Waals surface area contributed by atoms with Crippen LogP contribution in [0.25, 0.3) is 0 Å². The van der Waals surface area contributed by atoms with Crippen LogP contribution in [-0.4, -0.2) is 35.0 Å². The topological polar surface area (TPSA) is 45.1 Å². The number of nitrogens with zero attached hydrogens (tertiary/aromatic N) is 1. The number of rotatable bonds is 7. The molecule has 0 aliphatic carbocycles. The van der Waals surface area contributed by atoms with E-state index in [0.29, 0.717) is 12.0 Å². The first-order valence-electron chi connectivity index (χ1n) is 6.66. The van der Waals surface area contributed by atoms with E-state index in [1.807, 2.05) is 6.92 Å². The van der Waals surface area contributed by atoms with Crippen LogP contribution in [-0.2, 0) is 6.42 Å². The maximum Gasteiger partial charge on any atom is 0.404 e. The fourth-order valence-corrected chi connectivity index (χ4v) is 2.07. The molecule has 6 heteroatoms. The van der Waals surface area contributed by atoms with Gasteiger partial charge in [0.1, 0.15) is 6.04 Å². The lowest BCUT2D eigenvalue weighted by atomic mass is 10.0. The van der Waals surface area contributed by atoms with E-state index in [4.69, 9.17) is 0 Å². The minimum atomic E-state index is -4.30. The average molecular weight is 290 g/mol. The molecule has 3 atom stereocenters. The van der Waals surface area contributed by atoms with Gasteiger partial charge in [-0.3, -0.25) is 4.98 Å². The first-order valence-corrected chi connectivity index (χ1v) is 6.66. The first-order chi connectivity index (χ1) is 9.29. The van der Waals surface area contributed by atoms with Crippen molar-refractivity contribution in [2.45, 2.75) is 45.0 Å². The first kappa shape index (κ1) is 16.9. The highest BCUT2D eigenvalue weighted by molar-refractivity contribution is 5.12. The van der Waals surface area contributed by atoms with Crippen molar-refractivity contribution in [2.24, 2.45) is 5.92 Å². The zero-order chi connectivity index (χ0) is 15.2. The predicted octanol–water partition coefficient (Wildman–Crippen LogP) is 2.55. The second kappa shape index (κ2) is 7.59. The Bertz CT molecular complexity index is 382. The van der Waals surface area contributed by atoms with E-state index in [1.54, 1.807) is 19.1 Å². The molecule has 2 N–H and O–H groups in total. The van der Waals surface area contributed by atoms with E-state index < -0.39 is 18.3 Å². The smallest absolute Gasteiger partial charge is 0.393 e. The summed E-state index contributed by atoms with van der Waals surface area (Å²) in [6.45, 7) is 3.68. The number of aliphatic hydroxyl groups is 1. The van der Waals surface area contributed by atoms with Crippen molar-refractivity contribution in [3.05, 3.63) is 30.1 Å².